The first-order valence-corrected chi connectivity index (χ1v) is 12.5. The zero-order chi connectivity index (χ0) is 27.1. The molecular weight excluding hydrogens is 502 g/mol. The highest BCUT2D eigenvalue weighted by molar-refractivity contribution is 7.09. The van der Waals surface area contributed by atoms with Crippen molar-refractivity contribution in [1.82, 2.24) is 14.6 Å². The molecule has 0 aliphatic rings. The Morgan fingerprint density at radius 2 is 1.55 bits per heavy atom. The predicted molar refractivity (Wildman–Crippen MR) is 145 cm³/mol. The van der Waals surface area contributed by atoms with Crippen LogP contribution in [0.25, 0.3) is 0 Å². The van der Waals surface area contributed by atoms with Crippen molar-refractivity contribution in [3.05, 3.63) is 112 Å². The number of anilines is 1. The van der Waals surface area contributed by atoms with Crippen molar-refractivity contribution in [2.24, 2.45) is 5.73 Å². The first kappa shape index (κ1) is 26.4. The second-order valence-electron chi connectivity index (χ2n) is 8.44. The molecule has 1 atom stereocenters. The molecule has 10 heteroatoms. The van der Waals surface area contributed by atoms with Crippen LogP contribution >= 0.6 is 11.5 Å². The van der Waals surface area contributed by atoms with Crippen molar-refractivity contribution in [3.63, 3.8) is 0 Å². The number of nitrogens with two attached hydrogens (primary N) is 2. The number of carbonyl (C=O) groups excluding carboxylic acids is 3. The Hall–Kier alpha value is -4.70. The summed E-state index contributed by atoms with van der Waals surface area (Å²) >= 11 is 0.773. The van der Waals surface area contributed by atoms with Gasteiger partial charge in [-0.05, 0) is 40.4 Å². The number of methoxy groups -OCH3 is 1. The van der Waals surface area contributed by atoms with Gasteiger partial charge in [0.05, 0.1) is 12.8 Å². The third-order valence-corrected chi connectivity index (χ3v) is 6.76. The molecule has 0 bridgehead atoms. The average molecular weight is 530 g/mol. The molecule has 0 fully saturated rings. The Labute approximate surface area is 224 Å². The van der Waals surface area contributed by atoms with Crippen LogP contribution < -0.4 is 21.5 Å². The topological polar surface area (TPSA) is 141 Å². The van der Waals surface area contributed by atoms with Gasteiger partial charge in [0.1, 0.15) is 16.7 Å². The number of benzene rings is 3. The summed E-state index contributed by atoms with van der Waals surface area (Å²) in [6.45, 7) is 0.368. The van der Waals surface area contributed by atoms with Gasteiger partial charge in [-0.15, -0.1) is 0 Å². The van der Waals surface area contributed by atoms with Crippen LogP contribution in [0.15, 0.2) is 84.9 Å². The van der Waals surface area contributed by atoms with Crippen molar-refractivity contribution >= 4 is 34.9 Å². The molecule has 0 saturated heterocycles. The molecule has 5 N–H and O–H groups in total. The van der Waals surface area contributed by atoms with Crippen molar-refractivity contribution in [3.8, 4) is 5.75 Å². The molecule has 1 aromatic heterocycles. The summed E-state index contributed by atoms with van der Waals surface area (Å²) < 4.78 is 9.26. The number of carbonyl (C=O) groups is 3. The summed E-state index contributed by atoms with van der Waals surface area (Å²) in [7, 11) is 1.55. The minimum Gasteiger partial charge on any atom is -0.497 e. The highest BCUT2D eigenvalue weighted by atomic mass is 32.1. The highest BCUT2D eigenvalue weighted by Crippen LogP contribution is 2.31. The largest absolute Gasteiger partial charge is 0.497 e. The molecule has 9 nitrogen and oxygen atoms in total. The zero-order valence-electron chi connectivity index (χ0n) is 20.7. The van der Waals surface area contributed by atoms with Crippen LogP contribution in [-0.4, -0.2) is 34.1 Å². The maximum atomic E-state index is 14.0. The zero-order valence-corrected chi connectivity index (χ0v) is 21.5. The van der Waals surface area contributed by atoms with Crippen LogP contribution in [0.1, 0.15) is 42.9 Å². The third kappa shape index (κ3) is 5.98. The van der Waals surface area contributed by atoms with Gasteiger partial charge >= 0.3 is 0 Å². The lowest BCUT2D eigenvalue weighted by atomic mass is 10.0. The molecular formula is C28H27N5O4S. The van der Waals surface area contributed by atoms with Gasteiger partial charge in [-0.25, -0.2) is 0 Å². The highest BCUT2D eigenvalue weighted by Gasteiger charge is 2.35. The Morgan fingerprint density at radius 3 is 2.11 bits per heavy atom. The SMILES string of the molecule is COc1ccc([C@H](C(=O)NCc2ccccc2)N(Cc2ccccc2)C(=O)c2snc(C(N)=O)c2N)cc1. The molecule has 38 heavy (non-hydrogen) atoms. The van der Waals surface area contributed by atoms with E-state index in [9.17, 15) is 14.4 Å². The molecule has 3 amide bonds. The summed E-state index contributed by atoms with van der Waals surface area (Å²) in [5, 5.41) is 2.96. The molecule has 4 rings (SSSR count). The molecule has 0 aliphatic heterocycles. The normalized spacial score (nSPS) is 11.4. The maximum Gasteiger partial charge on any atom is 0.270 e. The van der Waals surface area contributed by atoms with E-state index in [1.807, 2.05) is 60.7 Å². The van der Waals surface area contributed by atoms with Crippen LogP contribution in [0.5, 0.6) is 5.75 Å². The van der Waals surface area contributed by atoms with Crippen molar-refractivity contribution < 1.29 is 19.1 Å². The first-order valence-electron chi connectivity index (χ1n) is 11.7. The Kier molecular flexibility index (Phi) is 8.34. The van der Waals surface area contributed by atoms with Gasteiger partial charge in [-0.1, -0.05) is 72.8 Å². The number of primary amides is 1. The van der Waals surface area contributed by atoms with Gasteiger partial charge in [0.25, 0.3) is 11.8 Å². The quantitative estimate of drug-likeness (QED) is 0.287. The van der Waals surface area contributed by atoms with Crippen LogP contribution in [0.2, 0.25) is 0 Å². The van der Waals surface area contributed by atoms with E-state index in [1.165, 1.54) is 4.90 Å². The minimum atomic E-state index is -1.03. The lowest BCUT2D eigenvalue weighted by Crippen LogP contribution is -2.43. The van der Waals surface area contributed by atoms with E-state index >= 15 is 0 Å². The monoisotopic (exact) mass is 529 g/mol. The number of aromatic nitrogens is 1. The van der Waals surface area contributed by atoms with E-state index in [-0.39, 0.29) is 35.3 Å². The van der Waals surface area contributed by atoms with Crippen molar-refractivity contribution in [1.29, 1.82) is 0 Å². The standard InChI is InChI=1S/C28H27N5O4S/c1-37-21-14-12-20(13-15-21)24(27(35)31-16-18-8-4-2-5-9-18)33(17-19-10-6-3-7-11-19)28(36)25-22(29)23(26(30)34)32-38-25/h2-15,24H,16-17,29H2,1H3,(H2,30,34)(H,31,35)/t24-/m1/s1. The van der Waals surface area contributed by atoms with Crippen LogP contribution in [0.3, 0.4) is 0 Å². The molecule has 0 aliphatic carbocycles. The van der Waals surface area contributed by atoms with E-state index in [0.717, 1.165) is 22.7 Å². The molecule has 4 aromatic rings. The van der Waals surface area contributed by atoms with Gasteiger partial charge in [0, 0.05) is 13.1 Å². The van der Waals surface area contributed by atoms with Crippen LogP contribution in [0, 0.1) is 0 Å². The summed E-state index contributed by atoms with van der Waals surface area (Å²) in [5.41, 5.74) is 13.5. The molecule has 0 radical (unpaired) electrons. The second-order valence-corrected chi connectivity index (χ2v) is 9.21. The van der Waals surface area contributed by atoms with Gasteiger partial charge in [-0.3, -0.25) is 14.4 Å². The number of nitrogens with one attached hydrogen (secondary N) is 1. The molecule has 1 heterocycles. The molecule has 0 spiro atoms. The average Bonchev–Trinajstić information content (AvgIpc) is 3.34. The van der Waals surface area contributed by atoms with Gasteiger partial charge in [0.15, 0.2) is 5.69 Å². The van der Waals surface area contributed by atoms with Crippen LogP contribution in [-0.2, 0) is 17.9 Å². The summed E-state index contributed by atoms with van der Waals surface area (Å²) in [5.74, 6) is -1.16. The third-order valence-electron chi connectivity index (χ3n) is 5.91. The number of nitrogen functional groups attached to an aromatic ring is 1. The molecule has 3 aromatic carbocycles. The Bertz CT molecular complexity index is 1410. The molecule has 0 saturated carbocycles. The van der Waals surface area contributed by atoms with E-state index in [1.54, 1.807) is 31.4 Å². The number of ether oxygens (including phenoxy) is 1. The fourth-order valence-electron chi connectivity index (χ4n) is 3.96. The number of hydrogen-bond donors (Lipinski definition) is 3. The predicted octanol–water partition coefficient (Wildman–Crippen LogP) is 3.53. The lowest BCUT2D eigenvalue weighted by Gasteiger charge is -2.31. The summed E-state index contributed by atoms with van der Waals surface area (Å²) in [6, 6.07) is 24.6. The number of amides is 3. The maximum absolute atomic E-state index is 14.0. The van der Waals surface area contributed by atoms with Gasteiger partial charge < -0.3 is 26.4 Å². The fourth-order valence-corrected chi connectivity index (χ4v) is 4.72. The summed E-state index contributed by atoms with van der Waals surface area (Å²) in [4.78, 5) is 41.0. The van der Waals surface area contributed by atoms with E-state index in [2.05, 4.69) is 9.69 Å². The number of hydrogen-bond acceptors (Lipinski definition) is 7. The Balaban J connectivity index is 1.77. The fraction of sp³-hybridized carbons (Fsp3) is 0.143. The molecule has 0 unspecified atom stereocenters. The van der Waals surface area contributed by atoms with Gasteiger partial charge in [-0.2, -0.15) is 4.37 Å². The van der Waals surface area contributed by atoms with Crippen LogP contribution in [0.4, 0.5) is 5.69 Å². The number of rotatable bonds is 10. The summed E-state index contributed by atoms with van der Waals surface area (Å²) in [6.07, 6.45) is 0. The minimum absolute atomic E-state index is 0.0316. The second kappa shape index (κ2) is 12.0. The molecule has 194 valence electrons. The van der Waals surface area contributed by atoms with Crippen molar-refractivity contribution in [2.45, 2.75) is 19.1 Å². The Morgan fingerprint density at radius 1 is 0.947 bits per heavy atom. The van der Waals surface area contributed by atoms with E-state index in [0.29, 0.717) is 11.3 Å². The van der Waals surface area contributed by atoms with E-state index < -0.39 is 17.9 Å². The van der Waals surface area contributed by atoms with Crippen molar-refractivity contribution in [2.75, 3.05) is 12.8 Å². The first-order chi connectivity index (χ1) is 18.4. The van der Waals surface area contributed by atoms with Gasteiger partial charge in [0.2, 0.25) is 5.91 Å². The lowest BCUT2D eigenvalue weighted by molar-refractivity contribution is -0.126. The number of nitrogens with zero attached hydrogens (tertiary/aromatic N) is 2. The van der Waals surface area contributed by atoms with E-state index in [4.69, 9.17) is 16.2 Å². The smallest absolute Gasteiger partial charge is 0.270 e.